The van der Waals surface area contributed by atoms with E-state index in [9.17, 15) is 0 Å². The van der Waals surface area contributed by atoms with Crippen LogP contribution in [-0.2, 0) is 0 Å². The Morgan fingerprint density at radius 2 is 1.70 bits per heavy atom. The van der Waals surface area contributed by atoms with Crippen molar-refractivity contribution in [3.05, 3.63) is 24.3 Å². The molecule has 0 saturated carbocycles. The van der Waals surface area contributed by atoms with Crippen LogP contribution >= 0.6 is 0 Å². The van der Waals surface area contributed by atoms with Crippen molar-refractivity contribution in [1.82, 2.24) is 9.97 Å². The first-order chi connectivity index (χ1) is 11.3. The number of anilines is 2. The van der Waals surface area contributed by atoms with E-state index in [4.69, 9.17) is 9.97 Å². The Morgan fingerprint density at radius 1 is 0.913 bits per heavy atom. The quantitative estimate of drug-likeness (QED) is 0.843. The Morgan fingerprint density at radius 3 is 2.52 bits per heavy atom. The highest BCUT2D eigenvalue weighted by atomic mass is 15.3. The van der Waals surface area contributed by atoms with Gasteiger partial charge in [-0.25, -0.2) is 4.98 Å². The predicted octanol–water partition coefficient (Wildman–Crippen LogP) is 3.86. The molecule has 0 aliphatic carbocycles. The second-order valence-corrected chi connectivity index (χ2v) is 7.11. The Bertz CT molecular complexity index is 678. The average Bonchev–Trinajstić information content (AvgIpc) is 2.61. The van der Waals surface area contributed by atoms with Gasteiger partial charge in [0.05, 0.1) is 5.52 Å². The number of piperidine rings is 2. The summed E-state index contributed by atoms with van der Waals surface area (Å²) in [7, 11) is 0. The topological polar surface area (TPSA) is 32.3 Å². The number of nitrogens with zero attached hydrogens (tertiary/aromatic N) is 4. The molecule has 3 heterocycles. The van der Waals surface area contributed by atoms with Gasteiger partial charge in [-0.1, -0.05) is 19.1 Å². The summed E-state index contributed by atoms with van der Waals surface area (Å²) >= 11 is 0. The first kappa shape index (κ1) is 14.7. The third kappa shape index (κ3) is 2.99. The lowest BCUT2D eigenvalue weighted by Crippen LogP contribution is -2.36. The maximum absolute atomic E-state index is 5.02. The highest BCUT2D eigenvalue weighted by molar-refractivity contribution is 5.90. The van der Waals surface area contributed by atoms with E-state index in [1.54, 1.807) is 0 Å². The second-order valence-electron chi connectivity index (χ2n) is 7.11. The van der Waals surface area contributed by atoms with E-state index in [0.717, 1.165) is 49.4 Å². The van der Waals surface area contributed by atoms with Crippen molar-refractivity contribution < 1.29 is 0 Å². The summed E-state index contributed by atoms with van der Waals surface area (Å²) < 4.78 is 0. The number of para-hydroxylation sites is 1. The molecule has 2 saturated heterocycles. The molecule has 122 valence electrons. The molecule has 1 aromatic carbocycles. The molecule has 4 rings (SSSR count). The molecule has 0 bridgehead atoms. The Labute approximate surface area is 138 Å². The van der Waals surface area contributed by atoms with Crippen molar-refractivity contribution in [3.63, 3.8) is 0 Å². The van der Waals surface area contributed by atoms with Crippen molar-refractivity contribution >= 4 is 22.7 Å². The minimum atomic E-state index is 0.734. The SMILES string of the molecule is C[C@H]1CCCN(c2nc(N3CCCCC3)c3ccccc3n2)C1. The monoisotopic (exact) mass is 310 g/mol. The number of benzene rings is 1. The Balaban J connectivity index is 1.76. The van der Waals surface area contributed by atoms with Crippen molar-refractivity contribution in [1.29, 1.82) is 0 Å². The highest BCUT2D eigenvalue weighted by Gasteiger charge is 2.22. The van der Waals surface area contributed by atoms with Gasteiger partial charge >= 0.3 is 0 Å². The molecule has 1 atom stereocenters. The molecular weight excluding hydrogens is 284 g/mol. The summed E-state index contributed by atoms with van der Waals surface area (Å²) in [6.07, 6.45) is 6.46. The zero-order valence-corrected chi connectivity index (χ0v) is 14.0. The summed E-state index contributed by atoms with van der Waals surface area (Å²) in [5.41, 5.74) is 1.08. The molecule has 0 unspecified atom stereocenters. The van der Waals surface area contributed by atoms with Crippen LogP contribution in [0.1, 0.15) is 39.0 Å². The van der Waals surface area contributed by atoms with Gasteiger partial charge in [-0.05, 0) is 50.2 Å². The smallest absolute Gasteiger partial charge is 0.227 e. The average molecular weight is 310 g/mol. The van der Waals surface area contributed by atoms with Crippen molar-refractivity contribution in [3.8, 4) is 0 Å². The third-order valence-electron chi connectivity index (χ3n) is 5.17. The van der Waals surface area contributed by atoms with Gasteiger partial charge in [-0.3, -0.25) is 0 Å². The zero-order valence-electron chi connectivity index (χ0n) is 14.0. The lowest BCUT2D eigenvalue weighted by Gasteiger charge is -2.33. The number of hydrogen-bond donors (Lipinski definition) is 0. The van der Waals surface area contributed by atoms with Crippen LogP contribution in [0.4, 0.5) is 11.8 Å². The summed E-state index contributed by atoms with van der Waals surface area (Å²) in [5.74, 6) is 2.80. The van der Waals surface area contributed by atoms with Crippen LogP contribution in [0.5, 0.6) is 0 Å². The van der Waals surface area contributed by atoms with Crippen LogP contribution in [0.25, 0.3) is 10.9 Å². The molecule has 0 N–H and O–H groups in total. The lowest BCUT2D eigenvalue weighted by atomic mass is 10.0. The molecule has 2 aliphatic rings. The second kappa shape index (κ2) is 6.34. The predicted molar refractivity (Wildman–Crippen MR) is 96.2 cm³/mol. The van der Waals surface area contributed by atoms with Gasteiger partial charge in [0.1, 0.15) is 5.82 Å². The molecule has 0 amide bonds. The van der Waals surface area contributed by atoms with Crippen molar-refractivity contribution in [2.45, 2.75) is 39.0 Å². The normalized spacial score (nSPS) is 22.6. The van der Waals surface area contributed by atoms with E-state index in [0.29, 0.717) is 0 Å². The fraction of sp³-hybridized carbons (Fsp3) is 0.579. The molecule has 2 fully saturated rings. The fourth-order valence-electron chi connectivity index (χ4n) is 3.91. The van der Waals surface area contributed by atoms with Crippen LogP contribution in [-0.4, -0.2) is 36.1 Å². The summed E-state index contributed by atoms with van der Waals surface area (Å²) in [6.45, 7) is 6.74. The Hall–Kier alpha value is -1.84. The standard InChI is InChI=1S/C19H26N4/c1-15-8-7-13-23(14-15)19-20-17-10-4-3-9-16(17)18(21-19)22-11-5-2-6-12-22/h3-4,9-10,15H,2,5-8,11-14H2,1H3/t15-/m0/s1. The van der Waals surface area contributed by atoms with Crippen LogP contribution in [0.15, 0.2) is 24.3 Å². The van der Waals surface area contributed by atoms with Crippen LogP contribution in [0.2, 0.25) is 0 Å². The van der Waals surface area contributed by atoms with Crippen molar-refractivity contribution in [2.75, 3.05) is 36.0 Å². The number of fused-ring (bicyclic) bond motifs is 1. The lowest BCUT2D eigenvalue weighted by molar-refractivity contribution is 0.442. The van der Waals surface area contributed by atoms with E-state index in [-0.39, 0.29) is 0 Å². The zero-order chi connectivity index (χ0) is 15.6. The third-order valence-corrected chi connectivity index (χ3v) is 5.17. The van der Waals surface area contributed by atoms with Gasteiger partial charge in [0, 0.05) is 31.6 Å². The number of rotatable bonds is 2. The first-order valence-corrected chi connectivity index (χ1v) is 9.08. The van der Waals surface area contributed by atoms with E-state index in [1.165, 1.54) is 37.5 Å². The maximum atomic E-state index is 5.02. The maximum Gasteiger partial charge on any atom is 0.227 e. The van der Waals surface area contributed by atoms with Gasteiger partial charge in [0.2, 0.25) is 5.95 Å². The molecule has 0 spiro atoms. The van der Waals surface area contributed by atoms with Gasteiger partial charge in [-0.2, -0.15) is 4.98 Å². The molecule has 0 radical (unpaired) electrons. The summed E-state index contributed by atoms with van der Waals surface area (Å²) in [5, 5.41) is 1.20. The molecular formula is C19H26N4. The molecule has 4 heteroatoms. The van der Waals surface area contributed by atoms with E-state index in [2.05, 4.69) is 41.0 Å². The minimum Gasteiger partial charge on any atom is -0.356 e. The Kier molecular flexibility index (Phi) is 4.06. The van der Waals surface area contributed by atoms with Crippen LogP contribution in [0.3, 0.4) is 0 Å². The number of aromatic nitrogens is 2. The largest absolute Gasteiger partial charge is 0.356 e. The number of hydrogen-bond acceptors (Lipinski definition) is 4. The van der Waals surface area contributed by atoms with E-state index < -0.39 is 0 Å². The highest BCUT2D eigenvalue weighted by Crippen LogP contribution is 2.30. The molecule has 2 aromatic rings. The molecule has 4 nitrogen and oxygen atoms in total. The van der Waals surface area contributed by atoms with Crippen molar-refractivity contribution in [2.24, 2.45) is 5.92 Å². The van der Waals surface area contributed by atoms with Gasteiger partial charge in [0.25, 0.3) is 0 Å². The van der Waals surface area contributed by atoms with E-state index in [1.807, 2.05) is 0 Å². The molecule has 2 aliphatic heterocycles. The molecule has 1 aromatic heterocycles. The minimum absolute atomic E-state index is 0.734. The molecule has 23 heavy (non-hydrogen) atoms. The van der Waals surface area contributed by atoms with Crippen LogP contribution in [0, 0.1) is 5.92 Å². The summed E-state index contributed by atoms with van der Waals surface area (Å²) in [6, 6.07) is 8.48. The van der Waals surface area contributed by atoms with Gasteiger partial charge in [0.15, 0.2) is 0 Å². The van der Waals surface area contributed by atoms with E-state index >= 15 is 0 Å². The van der Waals surface area contributed by atoms with Crippen LogP contribution < -0.4 is 9.80 Å². The fourth-order valence-corrected chi connectivity index (χ4v) is 3.91. The van der Waals surface area contributed by atoms with Gasteiger partial charge in [-0.15, -0.1) is 0 Å². The summed E-state index contributed by atoms with van der Waals surface area (Å²) in [4.78, 5) is 14.7. The van der Waals surface area contributed by atoms with Gasteiger partial charge < -0.3 is 9.80 Å². The first-order valence-electron chi connectivity index (χ1n) is 9.08.